The van der Waals surface area contributed by atoms with Crippen LogP contribution in [0, 0.1) is 6.92 Å². The number of nitrogens with one attached hydrogen (secondary N) is 3. The fraction of sp³-hybridized carbons (Fsp3) is 0.0556. The Hall–Kier alpha value is -2.88. The van der Waals surface area contributed by atoms with Gasteiger partial charge < -0.3 is 16.0 Å². The molecule has 0 saturated heterocycles. The van der Waals surface area contributed by atoms with Gasteiger partial charge in [0.15, 0.2) is 5.11 Å². The van der Waals surface area contributed by atoms with Crippen LogP contribution in [0.1, 0.15) is 5.01 Å². The van der Waals surface area contributed by atoms with Crippen molar-refractivity contribution in [2.75, 3.05) is 16.0 Å². The molecule has 28 heavy (non-hydrogen) atoms. The first kappa shape index (κ1) is 18.5. The zero-order valence-electron chi connectivity index (χ0n) is 14.6. The number of halogens is 1. The fourth-order valence-corrected chi connectivity index (χ4v) is 3.61. The van der Waals surface area contributed by atoms with E-state index in [-0.39, 0.29) is 0 Å². The van der Waals surface area contributed by atoms with E-state index in [2.05, 4.69) is 36.1 Å². The van der Waals surface area contributed by atoms with Crippen molar-refractivity contribution in [3.05, 3.63) is 58.8 Å². The Bertz CT molecular complexity index is 1160. The Balaban J connectivity index is 1.58. The molecule has 0 aliphatic rings. The van der Waals surface area contributed by atoms with Crippen LogP contribution in [0.4, 0.5) is 22.3 Å². The second-order valence-corrected chi connectivity index (χ2v) is 7.82. The van der Waals surface area contributed by atoms with E-state index in [0.717, 1.165) is 27.3 Å². The molecule has 0 fully saturated rings. The Morgan fingerprint density at radius 2 is 1.93 bits per heavy atom. The molecule has 0 aliphatic heterocycles. The van der Waals surface area contributed by atoms with E-state index in [4.69, 9.17) is 23.8 Å². The third-order valence-electron chi connectivity index (χ3n) is 3.73. The van der Waals surface area contributed by atoms with Crippen molar-refractivity contribution < 1.29 is 0 Å². The molecule has 0 unspecified atom stereocenters. The number of anilines is 4. The second-order valence-electron chi connectivity index (χ2n) is 5.79. The minimum Gasteiger partial charge on any atom is -0.340 e. The second kappa shape index (κ2) is 8.01. The molecule has 7 nitrogen and oxygen atoms in total. The van der Waals surface area contributed by atoms with Crippen LogP contribution in [0.2, 0.25) is 5.02 Å². The molecule has 0 spiro atoms. The maximum absolute atomic E-state index is 6.07. The molecule has 4 rings (SSSR count). The summed E-state index contributed by atoms with van der Waals surface area (Å²) in [6, 6.07) is 13.2. The smallest absolute Gasteiger partial charge is 0.211 e. The van der Waals surface area contributed by atoms with Gasteiger partial charge in [-0.3, -0.25) is 0 Å². The van der Waals surface area contributed by atoms with E-state index in [1.807, 2.05) is 49.4 Å². The van der Waals surface area contributed by atoms with Crippen LogP contribution in [0.3, 0.4) is 0 Å². The molecule has 0 atom stereocenters. The van der Waals surface area contributed by atoms with Crippen LogP contribution < -0.4 is 16.0 Å². The van der Waals surface area contributed by atoms with Crippen LogP contribution in [-0.4, -0.2) is 25.3 Å². The summed E-state index contributed by atoms with van der Waals surface area (Å²) >= 11 is 12.9. The maximum atomic E-state index is 6.07. The largest absolute Gasteiger partial charge is 0.340 e. The Kier molecular flexibility index (Phi) is 5.29. The van der Waals surface area contributed by atoms with Crippen molar-refractivity contribution in [3.8, 4) is 0 Å². The van der Waals surface area contributed by atoms with E-state index in [1.165, 1.54) is 17.7 Å². The predicted octanol–water partition coefficient (Wildman–Crippen LogP) is 5.00. The third kappa shape index (κ3) is 4.33. The number of aryl methyl sites for hydroxylation is 1. The highest BCUT2D eigenvalue weighted by molar-refractivity contribution is 7.80. The standard InChI is InChI=1S/C18H14ClN7S2/c1-10-25-26-18(28-10)24-17(27)23-13-5-6-15-14(8-13)16(21-9-20-15)22-12-4-2-3-11(19)7-12/h2-9H,1H3,(H,20,21,22)(H2,23,24,26,27). The van der Waals surface area contributed by atoms with Gasteiger partial charge in [0.1, 0.15) is 17.2 Å². The molecule has 0 saturated carbocycles. The summed E-state index contributed by atoms with van der Waals surface area (Å²) in [6.07, 6.45) is 1.52. The number of aromatic nitrogens is 4. The van der Waals surface area contributed by atoms with Gasteiger partial charge in [0.25, 0.3) is 0 Å². The molecule has 3 N–H and O–H groups in total. The number of benzene rings is 2. The van der Waals surface area contributed by atoms with Crippen LogP contribution in [0.15, 0.2) is 48.8 Å². The lowest BCUT2D eigenvalue weighted by atomic mass is 10.2. The molecule has 0 aliphatic carbocycles. The number of nitrogens with zero attached hydrogens (tertiary/aromatic N) is 4. The van der Waals surface area contributed by atoms with Crippen molar-refractivity contribution in [2.45, 2.75) is 6.92 Å². The van der Waals surface area contributed by atoms with E-state index < -0.39 is 0 Å². The summed E-state index contributed by atoms with van der Waals surface area (Å²) in [5.74, 6) is 0.676. The number of rotatable bonds is 4. The van der Waals surface area contributed by atoms with Gasteiger partial charge in [0.05, 0.1) is 5.52 Å². The van der Waals surface area contributed by atoms with E-state index >= 15 is 0 Å². The van der Waals surface area contributed by atoms with Crippen molar-refractivity contribution in [3.63, 3.8) is 0 Å². The Morgan fingerprint density at radius 3 is 2.71 bits per heavy atom. The lowest BCUT2D eigenvalue weighted by molar-refractivity contribution is 1.05. The topological polar surface area (TPSA) is 87.7 Å². The molecule has 2 aromatic heterocycles. The Labute approximate surface area is 175 Å². The minimum absolute atomic E-state index is 0.427. The van der Waals surface area contributed by atoms with Gasteiger partial charge in [-0.05, 0) is 55.5 Å². The van der Waals surface area contributed by atoms with Gasteiger partial charge in [-0.15, -0.1) is 10.2 Å². The minimum atomic E-state index is 0.427. The average Bonchev–Trinajstić information content (AvgIpc) is 3.07. The zero-order valence-corrected chi connectivity index (χ0v) is 17.0. The third-order valence-corrected chi connectivity index (χ3v) is 4.92. The summed E-state index contributed by atoms with van der Waals surface area (Å²) in [5.41, 5.74) is 2.45. The lowest BCUT2D eigenvalue weighted by Crippen LogP contribution is -2.18. The van der Waals surface area contributed by atoms with Crippen LogP contribution in [0.25, 0.3) is 10.9 Å². The van der Waals surface area contributed by atoms with Crippen molar-refractivity contribution in [1.29, 1.82) is 0 Å². The van der Waals surface area contributed by atoms with Gasteiger partial charge in [-0.2, -0.15) is 0 Å². The molecule has 4 aromatic rings. The van der Waals surface area contributed by atoms with E-state index in [9.17, 15) is 0 Å². The first-order chi connectivity index (χ1) is 13.6. The number of thiocarbonyl (C=S) groups is 1. The van der Waals surface area contributed by atoms with Crippen LogP contribution >= 0.6 is 35.2 Å². The summed E-state index contributed by atoms with van der Waals surface area (Å²) < 4.78 is 0. The highest BCUT2D eigenvalue weighted by Crippen LogP contribution is 2.27. The monoisotopic (exact) mass is 427 g/mol. The fourth-order valence-electron chi connectivity index (χ4n) is 2.54. The predicted molar refractivity (Wildman–Crippen MR) is 119 cm³/mol. The highest BCUT2D eigenvalue weighted by Gasteiger charge is 2.08. The van der Waals surface area contributed by atoms with Crippen LogP contribution in [0.5, 0.6) is 0 Å². The van der Waals surface area contributed by atoms with Gasteiger partial charge >= 0.3 is 0 Å². The summed E-state index contributed by atoms with van der Waals surface area (Å²) in [5, 5.41) is 20.8. The van der Waals surface area contributed by atoms with E-state index in [0.29, 0.717) is 21.1 Å². The van der Waals surface area contributed by atoms with Crippen molar-refractivity contribution in [1.82, 2.24) is 20.2 Å². The summed E-state index contributed by atoms with van der Waals surface area (Å²) in [4.78, 5) is 8.69. The first-order valence-electron chi connectivity index (χ1n) is 8.22. The lowest BCUT2D eigenvalue weighted by Gasteiger charge is -2.11. The molecular formula is C18H14ClN7S2. The van der Waals surface area contributed by atoms with Gasteiger partial charge in [0.2, 0.25) is 5.13 Å². The first-order valence-corrected chi connectivity index (χ1v) is 9.82. The highest BCUT2D eigenvalue weighted by atomic mass is 35.5. The quantitative estimate of drug-likeness (QED) is 0.392. The van der Waals surface area contributed by atoms with Gasteiger partial charge in [0, 0.05) is 21.8 Å². The molecule has 0 radical (unpaired) electrons. The van der Waals surface area contributed by atoms with Crippen LogP contribution in [-0.2, 0) is 0 Å². The molecule has 2 aromatic carbocycles. The van der Waals surface area contributed by atoms with Crippen molar-refractivity contribution >= 4 is 73.5 Å². The molecule has 10 heteroatoms. The number of fused-ring (bicyclic) bond motifs is 1. The molecule has 140 valence electrons. The SMILES string of the molecule is Cc1nnc(NC(=S)Nc2ccc3ncnc(Nc4cccc(Cl)c4)c3c2)s1. The molecule has 2 heterocycles. The number of hydrogen-bond donors (Lipinski definition) is 3. The normalized spacial score (nSPS) is 10.6. The Morgan fingerprint density at radius 1 is 1.04 bits per heavy atom. The summed E-state index contributed by atoms with van der Waals surface area (Å²) in [6.45, 7) is 1.89. The number of hydrogen-bond acceptors (Lipinski definition) is 7. The molecular weight excluding hydrogens is 414 g/mol. The molecule has 0 bridgehead atoms. The zero-order chi connectivity index (χ0) is 19.5. The molecule has 0 amide bonds. The van der Waals surface area contributed by atoms with Gasteiger partial charge in [-0.25, -0.2) is 9.97 Å². The van der Waals surface area contributed by atoms with Crippen molar-refractivity contribution in [2.24, 2.45) is 0 Å². The maximum Gasteiger partial charge on any atom is 0.211 e. The average molecular weight is 428 g/mol. The van der Waals surface area contributed by atoms with Gasteiger partial charge in [-0.1, -0.05) is 29.0 Å². The summed E-state index contributed by atoms with van der Waals surface area (Å²) in [7, 11) is 0. The van der Waals surface area contributed by atoms with E-state index in [1.54, 1.807) is 0 Å².